The molecule has 0 aliphatic carbocycles. The molecule has 0 fully saturated rings. The van der Waals surface area contributed by atoms with E-state index in [1.807, 2.05) is 30.3 Å². The number of furan rings is 1. The second-order valence-electron chi connectivity index (χ2n) is 15.7. The molecule has 55 heavy (non-hydrogen) atoms. The van der Waals surface area contributed by atoms with Crippen molar-refractivity contribution in [2.45, 2.75) is 59.2 Å². The maximum atomic E-state index is 6.33. The molecular weight excluding hydrogens is 867 g/mol. The molecule has 3 heterocycles. The van der Waals surface area contributed by atoms with Gasteiger partial charge in [0.05, 0.1) is 30.5 Å². The van der Waals surface area contributed by atoms with E-state index >= 15 is 0 Å². The molecule has 0 saturated carbocycles. The number of pyridine rings is 1. The first kappa shape index (κ1) is 38.2. The average molecular weight is 912 g/mol. The van der Waals surface area contributed by atoms with Crippen molar-refractivity contribution in [3.63, 3.8) is 0 Å². The molecule has 0 aliphatic heterocycles. The predicted octanol–water partition coefficient (Wildman–Crippen LogP) is 12.9. The molecule has 0 amide bonds. The Kier molecular flexibility index (Phi) is 10.8. The number of imidazole rings is 1. The molecular formula is C49H45IrN3OSi-2. The van der Waals surface area contributed by atoms with Crippen LogP contribution in [-0.4, -0.2) is 22.6 Å². The van der Waals surface area contributed by atoms with E-state index < -0.39 is 8.07 Å². The van der Waals surface area contributed by atoms with E-state index in [1.54, 1.807) is 0 Å². The SMILES string of the molecule is CC(C)c1c[c-]c(-c2cc(C(C)C)c([Si](C)(C)C)cn2)cc1.[Ir].[c-]1ccc2c(oc3ccccc32)c1-c1nc2ccccc2n1-c1cccc2ccccc12. The van der Waals surface area contributed by atoms with Crippen LogP contribution < -0.4 is 5.19 Å². The van der Waals surface area contributed by atoms with Crippen LogP contribution in [0.3, 0.4) is 0 Å². The predicted molar refractivity (Wildman–Crippen MR) is 230 cm³/mol. The van der Waals surface area contributed by atoms with Gasteiger partial charge < -0.3 is 14.0 Å². The van der Waals surface area contributed by atoms with Gasteiger partial charge in [0.2, 0.25) is 0 Å². The first-order chi connectivity index (χ1) is 26.1. The number of nitrogens with zero attached hydrogens (tertiary/aromatic N) is 3. The van der Waals surface area contributed by atoms with Gasteiger partial charge in [0.1, 0.15) is 5.58 Å². The van der Waals surface area contributed by atoms with Gasteiger partial charge >= 0.3 is 0 Å². The van der Waals surface area contributed by atoms with Gasteiger partial charge in [-0.05, 0) is 46.5 Å². The fraction of sp³-hybridized carbons (Fsp3) is 0.184. The van der Waals surface area contributed by atoms with Crippen LogP contribution in [-0.2, 0) is 20.1 Å². The molecule has 6 aromatic carbocycles. The number of aromatic nitrogens is 3. The van der Waals surface area contributed by atoms with Crippen molar-refractivity contribution in [2.75, 3.05) is 0 Å². The number of para-hydroxylation sites is 3. The number of rotatable bonds is 6. The van der Waals surface area contributed by atoms with Gasteiger partial charge in [-0.3, -0.25) is 4.98 Å². The number of hydrogen-bond donors (Lipinski definition) is 0. The standard InChI is InChI=1S/C29H17N2O.C20H28NSi.Ir/c1-2-11-20-19(9-1)10-7-17-25(20)31-26-16-5-4-15-24(26)30-29(31)23-14-8-13-22-21-12-3-6-18-27(21)32-28(22)23;1-14(2)16-8-10-17(11-9-16)19-12-18(15(3)4)20(13-21-19)22(5,6)7;/h1-13,15-18H;8-10,12-15H,1-7H3;/q2*-1;. The summed E-state index contributed by atoms with van der Waals surface area (Å²) >= 11 is 0. The van der Waals surface area contributed by atoms with Crippen molar-refractivity contribution < 1.29 is 24.5 Å². The quantitative estimate of drug-likeness (QED) is 0.123. The maximum absolute atomic E-state index is 6.33. The third-order valence-electron chi connectivity index (χ3n) is 10.3. The summed E-state index contributed by atoms with van der Waals surface area (Å²) in [5, 5.41) is 6.03. The molecule has 0 atom stereocenters. The summed E-state index contributed by atoms with van der Waals surface area (Å²) in [6.45, 7) is 16.1. The van der Waals surface area contributed by atoms with E-state index in [-0.39, 0.29) is 20.1 Å². The van der Waals surface area contributed by atoms with E-state index in [0.29, 0.717) is 11.8 Å². The summed E-state index contributed by atoms with van der Waals surface area (Å²) in [6, 6.07) is 50.8. The summed E-state index contributed by atoms with van der Waals surface area (Å²) in [5.41, 5.74) is 10.5. The van der Waals surface area contributed by atoms with Gasteiger partial charge in [-0.25, -0.2) is 0 Å². The Morgan fingerprint density at radius 1 is 0.709 bits per heavy atom. The largest absolute Gasteiger partial charge is 0.501 e. The Morgan fingerprint density at radius 3 is 2.18 bits per heavy atom. The van der Waals surface area contributed by atoms with E-state index in [0.717, 1.165) is 61.3 Å². The summed E-state index contributed by atoms with van der Waals surface area (Å²) in [7, 11) is -1.36. The molecule has 0 spiro atoms. The molecule has 0 aliphatic rings. The van der Waals surface area contributed by atoms with Gasteiger partial charge in [-0.15, -0.1) is 53.6 Å². The molecule has 9 rings (SSSR count). The van der Waals surface area contributed by atoms with Crippen molar-refractivity contribution in [1.82, 2.24) is 14.5 Å². The number of hydrogen-bond acceptors (Lipinski definition) is 3. The summed E-state index contributed by atoms with van der Waals surface area (Å²) in [6.07, 6.45) is 2.11. The third-order valence-corrected chi connectivity index (χ3v) is 12.3. The monoisotopic (exact) mass is 912 g/mol. The second kappa shape index (κ2) is 15.5. The number of benzene rings is 6. The van der Waals surface area contributed by atoms with Crippen LogP contribution in [0.15, 0.2) is 138 Å². The molecule has 3 aromatic heterocycles. The van der Waals surface area contributed by atoms with Crippen LogP contribution in [0.1, 0.15) is 50.7 Å². The van der Waals surface area contributed by atoms with Crippen molar-refractivity contribution in [1.29, 1.82) is 0 Å². The van der Waals surface area contributed by atoms with Gasteiger partial charge in [0.25, 0.3) is 0 Å². The van der Waals surface area contributed by atoms with Crippen molar-refractivity contribution >= 4 is 57.0 Å². The fourth-order valence-corrected chi connectivity index (χ4v) is 9.05. The Hall–Kier alpha value is -5.13. The van der Waals surface area contributed by atoms with Gasteiger partial charge in [-0.1, -0.05) is 143 Å². The Labute approximate surface area is 338 Å². The van der Waals surface area contributed by atoms with Crippen LogP contribution >= 0.6 is 0 Å². The minimum Gasteiger partial charge on any atom is -0.501 e. The van der Waals surface area contributed by atoms with E-state index in [9.17, 15) is 0 Å². The van der Waals surface area contributed by atoms with Gasteiger partial charge in [0.15, 0.2) is 0 Å². The summed E-state index contributed by atoms with van der Waals surface area (Å²) < 4.78 is 8.56. The Bertz CT molecular complexity index is 2770. The molecule has 6 heteroatoms. The van der Waals surface area contributed by atoms with Crippen LogP contribution in [0.5, 0.6) is 0 Å². The van der Waals surface area contributed by atoms with E-state index in [2.05, 4.69) is 167 Å². The van der Waals surface area contributed by atoms with Crippen LogP contribution in [0.25, 0.3) is 72.1 Å². The van der Waals surface area contributed by atoms with E-state index in [4.69, 9.17) is 14.4 Å². The maximum Gasteiger partial charge on any atom is 0.120 e. The van der Waals surface area contributed by atoms with Crippen LogP contribution in [0.4, 0.5) is 0 Å². The second-order valence-corrected chi connectivity index (χ2v) is 20.7. The molecule has 0 unspecified atom stereocenters. The average Bonchev–Trinajstić information content (AvgIpc) is 3.76. The first-order valence-corrected chi connectivity index (χ1v) is 22.4. The molecule has 277 valence electrons. The van der Waals surface area contributed by atoms with E-state index in [1.165, 1.54) is 27.1 Å². The smallest absolute Gasteiger partial charge is 0.120 e. The van der Waals surface area contributed by atoms with Crippen molar-refractivity contribution in [2.24, 2.45) is 0 Å². The zero-order chi connectivity index (χ0) is 37.6. The normalized spacial score (nSPS) is 11.7. The number of fused-ring (bicyclic) bond motifs is 5. The van der Waals surface area contributed by atoms with Crippen molar-refractivity contribution in [3.05, 3.63) is 157 Å². The molecule has 1 radical (unpaired) electrons. The molecule has 0 saturated heterocycles. The Balaban J connectivity index is 0.000000179. The fourth-order valence-electron chi connectivity index (χ4n) is 7.38. The minimum absolute atomic E-state index is 0. The van der Waals surface area contributed by atoms with Gasteiger partial charge in [0, 0.05) is 42.8 Å². The topological polar surface area (TPSA) is 43.9 Å². The molecule has 9 aromatic rings. The first-order valence-electron chi connectivity index (χ1n) is 18.9. The molecule has 0 bridgehead atoms. The Morgan fingerprint density at radius 2 is 1.44 bits per heavy atom. The summed E-state index contributed by atoms with van der Waals surface area (Å²) in [4.78, 5) is 9.79. The third kappa shape index (κ3) is 7.35. The zero-order valence-electron chi connectivity index (χ0n) is 32.4. The van der Waals surface area contributed by atoms with Gasteiger partial charge in [-0.2, -0.15) is 0 Å². The summed E-state index contributed by atoms with van der Waals surface area (Å²) in [5.74, 6) is 1.89. The molecule has 4 nitrogen and oxygen atoms in total. The molecule has 0 N–H and O–H groups in total. The van der Waals surface area contributed by atoms with Crippen LogP contribution in [0.2, 0.25) is 19.6 Å². The zero-order valence-corrected chi connectivity index (χ0v) is 35.8. The minimum atomic E-state index is -1.36. The van der Waals surface area contributed by atoms with Crippen LogP contribution in [0, 0.1) is 12.1 Å². The van der Waals surface area contributed by atoms with Crippen molar-refractivity contribution in [3.8, 4) is 28.3 Å².